The molecule has 0 heterocycles. The van der Waals surface area contributed by atoms with Crippen LogP contribution in [0, 0.1) is 0 Å². The third kappa shape index (κ3) is 11.2. The van der Waals surface area contributed by atoms with Crippen LogP contribution in [0.25, 0.3) is 0 Å². The number of nitrogens with two attached hydrogens (primary N) is 2. The van der Waals surface area contributed by atoms with Crippen molar-refractivity contribution in [3.05, 3.63) is 71.3 Å². The van der Waals surface area contributed by atoms with E-state index in [9.17, 15) is 19.2 Å². The molecule has 0 unspecified atom stereocenters. The number of amides is 3. The molecule has 1 atom stereocenters. The molecule has 0 saturated carbocycles. The van der Waals surface area contributed by atoms with Gasteiger partial charge in [-0.1, -0.05) is 42.5 Å². The summed E-state index contributed by atoms with van der Waals surface area (Å²) >= 11 is 0. The largest absolute Gasteiger partial charge is 0.458 e. The predicted molar refractivity (Wildman–Crippen MR) is 137 cm³/mol. The molecule has 11 heteroatoms. The van der Waals surface area contributed by atoms with Gasteiger partial charge in [0, 0.05) is 18.5 Å². The number of rotatable bonds is 10. The predicted octanol–water partition coefficient (Wildman–Crippen LogP) is 1.79. The topological polar surface area (TPSA) is 175 Å². The minimum absolute atomic E-state index is 0.0178. The van der Waals surface area contributed by atoms with Gasteiger partial charge in [-0.2, -0.15) is 4.99 Å². The maximum Gasteiger partial charge on any atom is 0.408 e. The lowest BCUT2D eigenvalue weighted by molar-refractivity contribution is -0.157. The van der Waals surface area contributed by atoms with Gasteiger partial charge in [-0.3, -0.25) is 9.59 Å². The molecule has 0 spiro atoms. The monoisotopic (exact) mass is 511 g/mol. The van der Waals surface area contributed by atoms with Crippen LogP contribution in [-0.2, 0) is 32.1 Å². The standard InChI is InChI=1S/C26H33N5O6/c1-26(2,3)37-23(34)20(30-25(35)36-16-18-7-5-4-6-8-18)15-29-22(33)19-12-9-17(10-13-19)11-14-21(32)31-24(27)28/h4-10,12-13,20H,11,14-16H2,1-3H3,(H,29,33)(H,30,35)(H4,27,28,31,32)/t20-/m0/s1. The number of aryl methyl sites for hydroxylation is 1. The summed E-state index contributed by atoms with van der Waals surface area (Å²) in [5.74, 6) is -1.91. The SMILES string of the molecule is CC(C)(C)OC(=O)[C@H](CNC(=O)c1ccc(CCC(=O)N=C(N)N)cc1)NC(=O)OCc1ccccc1. The molecule has 0 aliphatic rings. The fourth-order valence-electron chi connectivity index (χ4n) is 3.04. The second kappa shape index (κ2) is 13.6. The van der Waals surface area contributed by atoms with Gasteiger partial charge >= 0.3 is 12.1 Å². The van der Waals surface area contributed by atoms with Crippen molar-refractivity contribution in [1.82, 2.24) is 10.6 Å². The second-order valence-electron chi connectivity index (χ2n) is 9.13. The Kier molecular flexibility index (Phi) is 10.6. The van der Waals surface area contributed by atoms with Crippen LogP contribution in [0.3, 0.4) is 0 Å². The summed E-state index contributed by atoms with van der Waals surface area (Å²) in [6, 6.07) is 14.5. The highest BCUT2D eigenvalue weighted by Crippen LogP contribution is 2.10. The number of aliphatic imine (C=N–C) groups is 1. The number of esters is 1. The molecule has 0 bridgehead atoms. The van der Waals surface area contributed by atoms with Crippen molar-refractivity contribution in [2.75, 3.05) is 6.54 Å². The van der Waals surface area contributed by atoms with Crippen molar-refractivity contribution in [3.63, 3.8) is 0 Å². The van der Waals surface area contributed by atoms with Crippen molar-refractivity contribution in [2.45, 2.75) is 51.9 Å². The Hall–Kier alpha value is -4.41. The van der Waals surface area contributed by atoms with Crippen molar-refractivity contribution < 1.29 is 28.7 Å². The van der Waals surface area contributed by atoms with Gasteiger partial charge in [-0.25, -0.2) is 9.59 Å². The van der Waals surface area contributed by atoms with E-state index in [-0.39, 0.29) is 25.5 Å². The van der Waals surface area contributed by atoms with E-state index in [1.165, 1.54) is 0 Å². The van der Waals surface area contributed by atoms with Gasteiger partial charge in [-0.15, -0.1) is 0 Å². The van der Waals surface area contributed by atoms with E-state index < -0.39 is 35.5 Å². The van der Waals surface area contributed by atoms with E-state index in [1.54, 1.807) is 57.2 Å². The number of nitrogens with zero attached hydrogens (tertiary/aromatic N) is 1. The van der Waals surface area contributed by atoms with Gasteiger partial charge in [-0.05, 0) is 50.5 Å². The minimum Gasteiger partial charge on any atom is -0.458 e. The molecule has 0 aliphatic heterocycles. The summed E-state index contributed by atoms with van der Waals surface area (Å²) in [7, 11) is 0. The molecule has 0 fully saturated rings. The number of ether oxygens (including phenoxy) is 2. The van der Waals surface area contributed by atoms with E-state index in [4.69, 9.17) is 20.9 Å². The van der Waals surface area contributed by atoms with Crippen molar-refractivity contribution >= 4 is 29.8 Å². The maximum atomic E-state index is 12.7. The highest BCUT2D eigenvalue weighted by atomic mass is 16.6. The molecule has 0 aliphatic carbocycles. The number of hydrogen-bond acceptors (Lipinski definition) is 6. The lowest BCUT2D eigenvalue weighted by Gasteiger charge is -2.24. The Balaban J connectivity index is 1.96. The zero-order valence-electron chi connectivity index (χ0n) is 21.2. The van der Waals surface area contributed by atoms with Gasteiger partial charge in [0.25, 0.3) is 5.91 Å². The first kappa shape index (κ1) is 28.8. The second-order valence-corrected chi connectivity index (χ2v) is 9.13. The quantitative estimate of drug-likeness (QED) is 0.212. The van der Waals surface area contributed by atoms with E-state index >= 15 is 0 Å². The smallest absolute Gasteiger partial charge is 0.408 e. The van der Waals surface area contributed by atoms with Gasteiger partial charge < -0.3 is 31.6 Å². The van der Waals surface area contributed by atoms with Crippen LogP contribution in [0.2, 0.25) is 0 Å². The van der Waals surface area contributed by atoms with Crippen LogP contribution >= 0.6 is 0 Å². The summed E-state index contributed by atoms with van der Waals surface area (Å²) in [5, 5.41) is 5.08. The molecule has 2 aromatic rings. The molecule has 0 saturated heterocycles. The molecule has 37 heavy (non-hydrogen) atoms. The number of guanidine groups is 1. The van der Waals surface area contributed by atoms with Gasteiger partial charge in [0.15, 0.2) is 5.96 Å². The minimum atomic E-state index is -1.17. The first-order chi connectivity index (χ1) is 17.4. The molecular formula is C26H33N5O6. The first-order valence-electron chi connectivity index (χ1n) is 11.6. The number of hydrogen-bond donors (Lipinski definition) is 4. The number of carbonyl (C=O) groups excluding carboxylic acids is 4. The Morgan fingerprint density at radius 2 is 1.59 bits per heavy atom. The van der Waals surface area contributed by atoms with E-state index in [2.05, 4.69) is 15.6 Å². The van der Waals surface area contributed by atoms with E-state index in [1.807, 2.05) is 18.2 Å². The van der Waals surface area contributed by atoms with Gasteiger partial charge in [0.05, 0.1) is 0 Å². The highest BCUT2D eigenvalue weighted by molar-refractivity contribution is 5.95. The molecule has 2 rings (SSSR count). The third-order valence-corrected chi connectivity index (χ3v) is 4.76. The zero-order valence-corrected chi connectivity index (χ0v) is 21.2. The normalized spacial score (nSPS) is 11.5. The average Bonchev–Trinajstić information content (AvgIpc) is 2.83. The number of nitrogens with one attached hydrogen (secondary N) is 2. The van der Waals surface area contributed by atoms with Crippen LogP contribution in [0.1, 0.15) is 48.7 Å². The van der Waals surface area contributed by atoms with Crippen LogP contribution in [-0.4, -0.2) is 48.0 Å². The third-order valence-electron chi connectivity index (χ3n) is 4.76. The maximum absolute atomic E-state index is 12.7. The number of benzene rings is 2. The van der Waals surface area contributed by atoms with Gasteiger partial charge in [0.1, 0.15) is 18.2 Å². The molecule has 11 nitrogen and oxygen atoms in total. The number of carbonyl (C=O) groups is 4. The van der Waals surface area contributed by atoms with Crippen LogP contribution in [0.4, 0.5) is 4.79 Å². The summed E-state index contributed by atoms with van der Waals surface area (Å²) in [6.45, 7) is 4.88. The Bertz CT molecular complexity index is 1110. The van der Waals surface area contributed by atoms with Crippen molar-refractivity contribution in [1.29, 1.82) is 0 Å². The average molecular weight is 512 g/mol. The van der Waals surface area contributed by atoms with Gasteiger partial charge in [0.2, 0.25) is 5.91 Å². The molecular weight excluding hydrogens is 478 g/mol. The highest BCUT2D eigenvalue weighted by Gasteiger charge is 2.28. The Labute approximate surface area is 215 Å². The van der Waals surface area contributed by atoms with Crippen LogP contribution < -0.4 is 22.1 Å². The van der Waals surface area contributed by atoms with E-state index in [0.717, 1.165) is 11.1 Å². The molecule has 3 amide bonds. The lowest BCUT2D eigenvalue weighted by atomic mass is 10.1. The number of alkyl carbamates (subject to hydrolysis) is 1. The summed E-state index contributed by atoms with van der Waals surface area (Å²) < 4.78 is 10.6. The molecule has 0 radical (unpaired) electrons. The molecule has 6 N–H and O–H groups in total. The van der Waals surface area contributed by atoms with E-state index in [0.29, 0.717) is 12.0 Å². The van der Waals surface area contributed by atoms with Crippen LogP contribution in [0.5, 0.6) is 0 Å². The Morgan fingerprint density at radius 1 is 0.946 bits per heavy atom. The van der Waals surface area contributed by atoms with Crippen LogP contribution in [0.15, 0.2) is 59.6 Å². The molecule has 2 aromatic carbocycles. The Morgan fingerprint density at radius 3 is 2.19 bits per heavy atom. The fraction of sp³-hybridized carbons (Fsp3) is 0.346. The fourth-order valence-corrected chi connectivity index (χ4v) is 3.04. The summed E-state index contributed by atoms with van der Waals surface area (Å²) in [5.41, 5.74) is 11.5. The summed E-state index contributed by atoms with van der Waals surface area (Å²) in [4.78, 5) is 52.7. The summed E-state index contributed by atoms with van der Waals surface area (Å²) in [6.07, 6.45) is -0.311. The van der Waals surface area contributed by atoms with Crippen molar-refractivity contribution in [3.8, 4) is 0 Å². The lowest BCUT2D eigenvalue weighted by Crippen LogP contribution is -2.50. The molecule has 0 aromatic heterocycles. The molecule has 198 valence electrons. The van der Waals surface area contributed by atoms with Crippen molar-refractivity contribution in [2.24, 2.45) is 16.5 Å². The first-order valence-corrected chi connectivity index (χ1v) is 11.6. The zero-order chi connectivity index (χ0) is 27.4.